The van der Waals surface area contributed by atoms with Crippen LogP contribution in [0.15, 0.2) is 23.6 Å². The van der Waals surface area contributed by atoms with Crippen molar-refractivity contribution in [2.45, 2.75) is 25.9 Å². The van der Waals surface area contributed by atoms with Gasteiger partial charge >= 0.3 is 6.18 Å². The lowest BCUT2D eigenvalue weighted by Gasteiger charge is -2.10. The van der Waals surface area contributed by atoms with Gasteiger partial charge in [-0.15, -0.1) is 11.3 Å². The van der Waals surface area contributed by atoms with Crippen LogP contribution in [0.4, 0.5) is 24.0 Å². The second-order valence-corrected chi connectivity index (χ2v) is 5.59. The van der Waals surface area contributed by atoms with E-state index < -0.39 is 17.3 Å². The third kappa shape index (κ3) is 3.52. The Kier molecular flexibility index (Phi) is 4.19. The highest BCUT2D eigenvalue weighted by atomic mass is 32.1. The summed E-state index contributed by atoms with van der Waals surface area (Å²) in [7, 11) is 0. The summed E-state index contributed by atoms with van der Waals surface area (Å²) >= 11 is 1.37. The number of benzene rings is 1. The first kappa shape index (κ1) is 15.3. The lowest BCUT2D eigenvalue weighted by atomic mass is 10.1. The van der Waals surface area contributed by atoms with Crippen molar-refractivity contribution in [3.05, 3.63) is 40.4 Å². The molecule has 0 amide bonds. The standard InChI is InChI=1S/C14H12F3N3S/c1-8(2)12-7-21-13(20-12)19-10-3-4-11(14(15,16)17)9(5-10)6-18/h3-5,7-8H,1-2H3,(H,19,20). The molecule has 1 aromatic carbocycles. The number of nitriles is 1. The summed E-state index contributed by atoms with van der Waals surface area (Å²) in [5, 5.41) is 14.3. The Labute approximate surface area is 124 Å². The Morgan fingerprint density at radius 1 is 1.33 bits per heavy atom. The maximum absolute atomic E-state index is 12.7. The SMILES string of the molecule is CC(C)c1csc(Nc2ccc(C(F)(F)F)c(C#N)c2)n1. The monoisotopic (exact) mass is 311 g/mol. The van der Waals surface area contributed by atoms with Gasteiger partial charge in [0.25, 0.3) is 0 Å². The van der Waals surface area contributed by atoms with Gasteiger partial charge in [-0.3, -0.25) is 0 Å². The topological polar surface area (TPSA) is 48.7 Å². The minimum absolute atomic E-state index is 0.277. The average molecular weight is 311 g/mol. The van der Waals surface area contributed by atoms with E-state index in [9.17, 15) is 13.2 Å². The molecule has 7 heteroatoms. The molecule has 0 saturated heterocycles. The predicted molar refractivity (Wildman–Crippen MR) is 75.6 cm³/mol. The molecule has 0 radical (unpaired) electrons. The van der Waals surface area contributed by atoms with Gasteiger partial charge in [0.15, 0.2) is 5.13 Å². The van der Waals surface area contributed by atoms with Crippen molar-refractivity contribution >= 4 is 22.2 Å². The molecule has 0 aliphatic heterocycles. The first-order chi connectivity index (χ1) is 9.81. The van der Waals surface area contributed by atoms with Crippen LogP contribution in [-0.2, 0) is 6.18 Å². The largest absolute Gasteiger partial charge is 0.417 e. The third-order valence-electron chi connectivity index (χ3n) is 2.81. The molecule has 1 heterocycles. The summed E-state index contributed by atoms with van der Waals surface area (Å²) in [5.74, 6) is 0.277. The quantitative estimate of drug-likeness (QED) is 0.877. The smallest absolute Gasteiger partial charge is 0.332 e. The highest BCUT2D eigenvalue weighted by molar-refractivity contribution is 7.13. The molecule has 2 rings (SSSR count). The molecule has 0 unspecified atom stereocenters. The number of anilines is 2. The second-order valence-electron chi connectivity index (χ2n) is 4.73. The summed E-state index contributed by atoms with van der Waals surface area (Å²) < 4.78 is 38.1. The summed E-state index contributed by atoms with van der Waals surface area (Å²) in [4.78, 5) is 4.33. The molecule has 2 aromatic rings. The lowest BCUT2D eigenvalue weighted by molar-refractivity contribution is -0.137. The van der Waals surface area contributed by atoms with Crippen LogP contribution in [0.5, 0.6) is 0 Å². The second kappa shape index (κ2) is 5.74. The van der Waals surface area contributed by atoms with Crippen molar-refractivity contribution in [3.8, 4) is 6.07 Å². The summed E-state index contributed by atoms with van der Waals surface area (Å²) in [6, 6.07) is 4.95. The predicted octanol–water partition coefficient (Wildman–Crippen LogP) is 4.90. The summed E-state index contributed by atoms with van der Waals surface area (Å²) in [5.41, 5.74) is -0.0233. The molecule has 0 atom stereocenters. The zero-order chi connectivity index (χ0) is 15.6. The van der Waals surface area contributed by atoms with Crippen molar-refractivity contribution in [2.24, 2.45) is 0 Å². The van der Waals surface area contributed by atoms with Crippen LogP contribution < -0.4 is 5.32 Å². The number of nitrogens with one attached hydrogen (secondary N) is 1. The van der Waals surface area contributed by atoms with Gasteiger partial charge in [0.05, 0.1) is 22.9 Å². The van der Waals surface area contributed by atoms with E-state index in [4.69, 9.17) is 5.26 Å². The Morgan fingerprint density at radius 3 is 2.57 bits per heavy atom. The molecule has 1 aromatic heterocycles. The zero-order valence-corrected chi connectivity index (χ0v) is 12.1. The molecular formula is C14H12F3N3S. The first-order valence-corrected chi connectivity index (χ1v) is 7.03. The van der Waals surface area contributed by atoms with Gasteiger partial charge in [0.1, 0.15) is 0 Å². The Morgan fingerprint density at radius 2 is 2.05 bits per heavy atom. The normalized spacial score (nSPS) is 11.5. The lowest BCUT2D eigenvalue weighted by Crippen LogP contribution is -2.08. The first-order valence-electron chi connectivity index (χ1n) is 6.15. The molecule has 0 fully saturated rings. The van der Waals surface area contributed by atoms with Crippen LogP contribution in [0.3, 0.4) is 0 Å². The summed E-state index contributed by atoms with van der Waals surface area (Å²) in [6.45, 7) is 4.01. The van der Waals surface area contributed by atoms with Gasteiger partial charge in [-0.25, -0.2) is 4.98 Å². The number of alkyl halides is 3. The van der Waals surface area contributed by atoms with E-state index in [2.05, 4.69) is 10.3 Å². The van der Waals surface area contributed by atoms with Gasteiger partial charge in [-0.05, 0) is 24.1 Å². The highest BCUT2D eigenvalue weighted by Crippen LogP contribution is 2.34. The number of hydrogen-bond acceptors (Lipinski definition) is 4. The van der Waals surface area contributed by atoms with Gasteiger partial charge < -0.3 is 5.32 Å². The van der Waals surface area contributed by atoms with Crippen molar-refractivity contribution < 1.29 is 13.2 Å². The fourth-order valence-electron chi connectivity index (χ4n) is 1.69. The number of aromatic nitrogens is 1. The third-order valence-corrected chi connectivity index (χ3v) is 3.59. The minimum atomic E-state index is -4.53. The number of halogens is 3. The Hall–Kier alpha value is -2.07. The highest BCUT2D eigenvalue weighted by Gasteiger charge is 2.33. The van der Waals surface area contributed by atoms with Crippen molar-refractivity contribution in [2.75, 3.05) is 5.32 Å². The van der Waals surface area contributed by atoms with Gasteiger partial charge in [-0.2, -0.15) is 18.4 Å². The Balaban J connectivity index is 2.27. The molecule has 110 valence electrons. The van der Waals surface area contributed by atoms with Crippen molar-refractivity contribution in [3.63, 3.8) is 0 Å². The van der Waals surface area contributed by atoms with Crippen LogP contribution >= 0.6 is 11.3 Å². The molecule has 0 aliphatic carbocycles. The minimum Gasteiger partial charge on any atom is -0.332 e. The van der Waals surface area contributed by atoms with E-state index in [0.717, 1.165) is 11.8 Å². The number of nitrogens with zero attached hydrogens (tertiary/aromatic N) is 2. The molecule has 0 saturated carbocycles. The maximum atomic E-state index is 12.7. The van der Waals surface area contributed by atoms with Gasteiger partial charge in [0.2, 0.25) is 0 Å². The molecule has 21 heavy (non-hydrogen) atoms. The van der Waals surface area contributed by atoms with Gasteiger partial charge in [-0.1, -0.05) is 13.8 Å². The molecule has 1 N–H and O–H groups in total. The van der Waals surface area contributed by atoms with Gasteiger partial charge in [0, 0.05) is 11.1 Å². The zero-order valence-electron chi connectivity index (χ0n) is 11.3. The number of hydrogen-bond donors (Lipinski definition) is 1. The number of thiazole rings is 1. The van der Waals surface area contributed by atoms with E-state index in [1.165, 1.54) is 23.5 Å². The molecule has 0 bridgehead atoms. The van der Waals surface area contributed by atoms with E-state index in [1.54, 1.807) is 6.07 Å². The average Bonchev–Trinajstić information content (AvgIpc) is 2.86. The summed E-state index contributed by atoms with van der Waals surface area (Å²) in [6.07, 6.45) is -4.53. The van der Waals surface area contributed by atoms with Crippen molar-refractivity contribution in [1.82, 2.24) is 4.98 Å². The molecular weight excluding hydrogens is 299 g/mol. The van der Waals surface area contributed by atoms with Crippen LogP contribution in [0.1, 0.15) is 36.6 Å². The van der Waals surface area contributed by atoms with E-state index >= 15 is 0 Å². The number of rotatable bonds is 3. The van der Waals surface area contributed by atoms with E-state index in [0.29, 0.717) is 10.8 Å². The molecule has 3 nitrogen and oxygen atoms in total. The Bertz CT molecular complexity index is 684. The van der Waals surface area contributed by atoms with Crippen LogP contribution in [0, 0.1) is 11.3 Å². The molecule has 0 aliphatic rings. The van der Waals surface area contributed by atoms with Crippen molar-refractivity contribution in [1.29, 1.82) is 5.26 Å². The van der Waals surface area contributed by atoms with Crippen LogP contribution in [0.2, 0.25) is 0 Å². The fraction of sp³-hybridized carbons (Fsp3) is 0.286. The van der Waals surface area contributed by atoms with Crippen LogP contribution in [0.25, 0.3) is 0 Å². The molecule has 0 spiro atoms. The van der Waals surface area contributed by atoms with E-state index in [1.807, 2.05) is 19.2 Å². The maximum Gasteiger partial charge on any atom is 0.417 e. The van der Waals surface area contributed by atoms with E-state index in [-0.39, 0.29) is 5.92 Å². The van der Waals surface area contributed by atoms with Crippen LogP contribution in [-0.4, -0.2) is 4.98 Å². The fourth-order valence-corrected chi connectivity index (χ4v) is 2.59.